The minimum Gasteiger partial charge on any atom is -0.597 e. The van der Waals surface area contributed by atoms with Crippen molar-refractivity contribution < 1.29 is 32.8 Å². The van der Waals surface area contributed by atoms with Gasteiger partial charge >= 0.3 is 13.7 Å². The molecule has 1 amide bonds. The van der Waals surface area contributed by atoms with Crippen LogP contribution in [0.3, 0.4) is 0 Å². The second kappa shape index (κ2) is 10.8. The predicted molar refractivity (Wildman–Crippen MR) is 117 cm³/mol. The van der Waals surface area contributed by atoms with E-state index in [4.69, 9.17) is 13.8 Å². The summed E-state index contributed by atoms with van der Waals surface area (Å²) in [6.45, 7) is 8.19. The van der Waals surface area contributed by atoms with Crippen molar-refractivity contribution >= 4 is 30.7 Å². The van der Waals surface area contributed by atoms with E-state index in [2.05, 4.69) is 4.72 Å². The molecule has 0 saturated heterocycles. The van der Waals surface area contributed by atoms with E-state index in [-0.39, 0.29) is 31.8 Å². The predicted octanol–water partition coefficient (Wildman–Crippen LogP) is 3.75. The summed E-state index contributed by atoms with van der Waals surface area (Å²) in [5.41, 5.74) is 0.873. The molecule has 9 nitrogen and oxygen atoms in total. The Balaban J connectivity index is 1.95. The van der Waals surface area contributed by atoms with Crippen LogP contribution in [0.1, 0.15) is 39.7 Å². The lowest BCUT2D eigenvalue weighted by Crippen LogP contribution is -2.40. The number of carbonyl (C=O) groups is 1. The number of fused-ring (bicyclic) bond motifs is 1. The summed E-state index contributed by atoms with van der Waals surface area (Å²) in [6.07, 6.45) is 0.0548. The number of ether oxygens (including phenoxy) is 1. The van der Waals surface area contributed by atoms with Crippen LogP contribution in [0.2, 0.25) is 0 Å². The Bertz CT molecular complexity index is 767. The molecule has 30 heavy (non-hydrogen) atoms. The Morgan fingerprint density at radius 1 is 1.37 bits per heavy atom. The van der Waals surface area contributed by atoms with Crippen LogP contribution < -0.4 is 14.4 Å². The molecule has 0 radical (unpaired) electrons. The number of carboxylic acid groups (broad SMARTS) is 1. The van der Waals surface area contributed by atoms with Crippen LogP contribution in [-0.4, -0.2) is 53.2 Å². The number of nitrogens with zero attached hydrogens (tertiary/aromatic N) is 1. The summed E-state index contributed by atoms with van der Waals surface area (Å²) in [6, 6.07) is 5.31. The zero-order valence-corrected chi connectivity index (χ0v) is 19.6. The molecule has 1 unspecified atom stereocenters. The Hall–Kier alpha value is -1.29. The third-order valence-corrected chi connectivity index (χ3v) is 7.55. The van der Waals surface area contributed by atoms with Crippen molar-refractivity contribution in [1.82, 2.24) is 4.72 Å². The van der Waals surface area contributed by atoms with Crippen LogP contribution in [0.5, 0.6) is 5.75 Å². The van der Waals surface area contributed by atoms with Crippen molar-refractivity contribution in [2.45, 2.75) is 46.1 Å². The summed E-state index contributed by atoms with van der Waals surface area (Å²) in [4.78, 5) is 12.9. The van der Waals surface area contributed by atoms with Crippen molar-refractivity contribution in [2.75, 3.05) is 36.7 Å². The minimum atomic E-state index is -3.15. The van der Waals surface area contributed by atoms with E-state index in [1.54, 1.807) is 26.0 Å². The molecule has 0 spiro atoms. The first kappa shape index (κ1) is 25.0. The normalized spacial score (nSPS) is 16.0. The summed E-state index contributed by atoms with van der Waals surface area (Å²) < 4.78 is 44.0. The standard InChI is InChI=1S/C19H31N2O7PS/c1-5-26-29(24,27-6-2)12-8-11-20-30(25)14-21(18(22)23)16-10-7-9-15-13-19(3,4)28-17(15)16/h7,9-10,20H,5-6,8,11-14H2,1-4H3,(H,22,23). The molecule has 0 aliphatic carbocycles. The molecule has 1 atom stereocenters. The Morgan fingerprint density at radius 2 is 2.03 bits per heavy atom. The first-order valence-corrected chi connectivity index (χ1v) is 13.0. The average Bonchev–Trinajstić information content (AvgIpc) is 2.97. The van der Waals surface area contributed by atoms with E-state index >= 15 is 0 Å². The lowest BCUT2D eigenvalue weighted by molar-refractivity contribution is 0.138. The Morgan fingerprint density at radius 3 is 2.63 bits per heavy atom. The molecule has 0 saturated carbocycles. The summed E-state index contributed by atoms with van der Waals surface area (Å²) >= 11 is -1.65. The maximum atomic E-state index is 12.5. The smallest absolute Gasteiger partial charge is 0.415 e. The van der Waals surface area contributed by atoms with Gasteiger partial charge in [0.2, 0.25) is 5.88 Å². The quantitative estimate of drug-likeness (QED) is 0.274. The molecule has 170 valence electrons. The fourth-order valence-electron chi connectivity index (χ4n) is 3.22. The fraction of sp³-hybridized carbons (Fsp3) is 0.632. The molecule has 1 aliphatic heterocycles. The van der Waals surface area contributed by atoms with Gasteiger partial charge in [-0.25, -0.2) is 9.69 Å². The first-order chi connectivity index (χ1) is 14.1. The van der Waals surface area contributed by atoms with Crippen LogP contribution in [-0.2, 0) is 31.4 Å². The van der Waals surface area contributed by atoms with Crippen LogP contribution in [0.15, 0.2) is 18.2 Å². The van der Waals surface area contributed by atoms with Crippen LogP contribution in [0.25, 0.3) is 0 Å². The number of benzene rings is 1. The van der Waals surface area contributed by atoms with E-state index in [0.717, 1.165) is 10.5 Å². The van der Waals surface area contributed by atoms with E-state index < -0.39 is 30.7 Å². The van der Waals surface area contributed by atoms with Gasteiger partial charge in [0.25, 0.3) is 0 Å². The lowest BCUT2D eigenvalue weighted by atomic mass is 10.0. The third-order valence-electron chi connectivity index (χ3n) is 4.36. The highest BCUT2D eigenvalue weighted by Gasteiger charge is 2.35. The van der Waals surface area contributed by atoms with Crippen LogP contribution in [0.4, 0.5) is 10.5 Å². The first-order valence-electron chi connectivity index (χ1n) is 9.92. The van der Waals surface area contributed by atoms with Gasteiger partial charge in [0, 0.05) is 18.5 Å². The number of nitrogens with one attached hydrogen (secondary N) is 1. The second-order valence-corrected chi connectivity index (χ2v) is 10.8. The molecule has 2 rings (SSSR count). The van der Waals surface area contributed by atoms with Gasteiger partial charge in [-0.05, 0) is 40.2 Å². The molecule has 1 aliphatic rings. The zero-order chi connectivity index (χ0) is 22.4. The van der Waals surface area contributed by atoms with Gasteiger partial charge in [0.05, 0.1) is 36.4 Å². The third kappa shape index (κ3) is 6.87. The van der Waals surface area contributed by atoms with Gasteiger partial charge in [0.1, 0.15) is 11.4 Å². The molecule has 1 aromatic carbocycles. The van der Waals surface area contributed by atoms with Gasteiger partial charge in [-0.1, -0.05) is 12.1 Å². The molecular formula is C19H31N2O7PS. The molecule has 2 N–H and O–H groups in total. The highest BCUT2D eigenvalue weighted by Crippen LogP contribution is 2.48. The van der Waals surface area contributed by atoms with Gasteiger partial charge in [-0.2, -0.15) is 0 Å². The SMILES string of the molecule is CCOP(=O)(CCCN[S+]([O-])CN(C(=O)O)c1cccc2c1OC(C)(C)C2)OCC. The number of amides is 1. The molecule has 1 heterocycles. The van der Waals surface area contributed by atoms with E-state index in [1.165, 1.54) is 0 Å². The summed E-state index contributed by atoms with van der Waals surface area (Å²) in [5, 5.41) is 9.67. The largest absolute Gasteiger partial charge is 0.597 e. The monoisotopic (exact) mass is 462 g/mol. The lowest BCUT2D eigenvalue weighted by Gasteiger charge is -2.24. The van der Waals surface area contributed by atoms with E-state index in [0.29, 0.717) is 24.3 Å². The van der Waals surface area contributed by atoms with Crippen molar-refractivity contribution in [1.29, 1.82) is 0 Å². The highest BCUT2D eigenvalue weighted by molar-refractivity contribution is 7.89. The number of hydrogen-bond acceptors (Lipinski definition) is 7. The Kier molecular flexibility index (Phi) is 9.02. The van der Waals surface area contributed by atoms with Crippen molar-refractivity contribution in [3.8, 4) is 5.75 Å². The molecule has 0 fully saturated rings. The maximum absolute atomic E-state index is 12.5. The van der Waals surface area contributed by atoms with Crippen molar-refractivity contribution in [3.05, 3.63) is 23.8 Å². The van der Waals surface area contributed by atoms with Crippen molar-refractivity contribution in [3.63, 3.8) is 0 Å². The Labute approximate surface area is 180 Å². The van der Waals surface area contributed by atoms with E-state index in [9.17, 15) is 19.0 Å². The molecule has 0 bridgehead atoms. The average molecular weight is 463 g/mol. The molecule has 1 aromatic rings. The molecule has 0 aromatic heterocycles. The molecule has 11 heteroatoms. The number of para-hydroxylation sites is 1. The second-order valence-electron chi connectivity index (χ2n) is 7.41. The summed E-state index contributed by atoms with van der Waals surface area (Å²) in [5.74, 6) is 0.251. The summed E-state index contributed by atoms with van der Waals surface area (Å²) in [7, 11) is -3.15. The topological polar surface area (TPSA) is 120 Å². The number of anilines is 1. The zero-order valence-electron chi connectivity index (χ0n) is 17.9. The van der Waals surface area contributed by atoms with Gasteiger partial charge < -0.3 is 23.4 Å². The molecular weight excluding hydrogens is 431 g/mol. The highest BCUT2D eigenvalue weighted by atomic mass is 32.2. The number of rotatable bonds is 12. The van der Waals surface area contributed by atoms with Gasteiger partial charge in [0.15, 0.2) is 0 Å². The maximum Gasteiger partial charge on any atom is 0.415 e. The van der Waals surface area contributed by atoms with E-state index in [1.807, 2.05) is 19.9 Å². The van der Waals surface area contributed by atoms with Gasteiger partial charge in [-0.3, -0.25) is 4.57 Å². The van der Waals surface area contributed by atoms with Crippen LogP contribution in [0, 0.1) is 0 Å². The van der Waals surface area contributed by atoms with Gasteiger partial charge in [-0.15, -0.1) is 4.72 Å². The minimum absolute atomic E-state index is 0.191. The van der Waals surface area contributed by atoms with Crippen LogP contribution >= 0.6 is 7.60 Å². The fourth-order valence-corrected chi connectivity index (χ4v) is 5.83. The van der Waals surface area contributed by atoms with Crippen molar-refractivity contribution in [2.24, 2.45) is 0 Å². The number of hydrogen-bond donors (Lipinski definition) is 2.